The van der Waals surface area contributed by atoms with Gasteiger partial charge >= 0.3 is 0 Å². The van der Waals surface area contributed by atoms with Crippen molar-refractivity contribution in [2.24, 2.45) is 5.10 Å². The predicted octanol–water partition coefficient (Wildman–Crippen LogP) is 2.97. The van der Waals surface area contributed by atoms with Crippen LogP contribution in [0.4, 0.5) is 0 Å². The number of hydrazone groups is 1. The number of fused-ring (bicyclic) bond motifs is 1. The van der Waals surface area contributed by atoms with Crippen LogP contribution in [0.3, 0.4) is 0 Å². The Kier molecular flexibility index (Phi) is 6.16. The number of aromatic nitrogens is 2. The molecule has 0 bridgehead atoms. The third-order valence-corrected chi connectivity index (χ3v) is 4.11. The molecule has 1 N–H and O–H groups in total. The highest BCUT2D eigenvalue weighted by Gasteiger charge is 2.16. The molecule has 0 aliphatic heterocycles. The van der Waals surface area contributed by atoms with Crippen LogP contribution in [0, 0.1) is 0 Å². The van der Waals surface area contributed by atoms with Crippen LogP contribution in [0.25, 0.3) is 10.8 Å². The van der Waals surface area contributed by atoms with Crippen molar-refractivity contribution in [1.29, 1.82) is 0 Å². The molecule has 28 heavy (non-hydrogen) atoms. The molecule has 7 nitrogen and oxygen atoms in total. The SMILES string of the molecule is CCCn1nc(C(=O)N/N=C/c2ccccc2OCC)c2ccccc2c1=O. The van der Waals surface area contributed by atoms with Gasteiger partial charge in [-0.05, 0) is 31.5 Å². The molecule has 0 aliphatic carbocycles. The largest absolute Gasteiger partial charge is 0.493 e. The summed E-state index contributed by atoms with van der Waals surface area (Å²) in [4.78, 5) is 25.2. The summed E-state index contributed by atoms with van der Waals surface area (Å²) >= 11 is 0. The lowest BCUT2D eigenvalue weighted by atomic mass is 10.1. The normalized spacial score (nSPS) is 11.1. The zero-order chi connectivity index (χ0) is 19.9. The van der Waals surface area contributed by atoms with E-state index in [0.29, 0.717) is 29.7 Å². The number of carbonyl (C=O) groups excluding carboxylic acids is 1. The molecule has 1 heterocycles. The molecular weight excluding hydrogens is 356 g/mol. The van der Waals surface area contributed by atoms with Crippen molar-refractivity contribution in [2.45, 2.75) is 26.8 Å². The molecule has 144 valence electrons. The summed E-state index contributed by atoms with van der Waals surface area (Å²) in [5.74, 6) is 0.203. The van der Waals surface area contributed by atoms with E-state index >= 15 is 0 Å². The monoisotopic (exact) mass is 378 g/mol. The summed E-state index contributed by atoms with van der Waals surface area (Å²) in [5.41, 5.74) is 3.20. The van der Waals surface area contributed by atoms with Crippen molar-refractivity contribution in [1.82, 2.24) is 15.2 Å². The molecule has 0 radical (unpaired) electrons. The van der Waals surface area contributed by atoms with E-state index in [4.69, 9.17) is 4.74 Å². The number of ether oxygens (including phenoxy) is 1. The summed E-state index contributed by atoms with van der Waals surface area (Å²) < 4.78 is 6.86. The summed E-state index contributed by atoms with van der Waals surface area (Å²) in [7, 11) is 0. The molecule has 0 saturated heterocycles. The van der Waals surface area contributed by atoms with Crippen LogP contribution in [0.1, 0.15) is 36.3 Å². The highest BCUT2D eigenvalue weighted by Crippen LogP contribution is 2.16. The first-order valence-electron chi connectivity index (χ1n) is 9.20. The molecule has 0 atom stereocenters. The molecule has 0 fully saturated rings. The maximum atomic E-state index is 12.7. The minimum Gasteiger partial charge on any atom is -0.493 e. The van der Waals surface area contributed by atoms with Gasteiger partial charge in [0, 0.05) is 17.5 Å². The number of carbonyl (C=O) groups is 1. The van der Waals surface area contributed by atoms with E-state index in [1.54, 1.807) is 24.3 Å². The number of rotatable bonds is 7. The molecule has 0 aliphatic rings. The third-order valence-electron chi connectivity index (χ3n) is 4.11. The summed E-state index contributed by atoms with van der Waals surface area (Å²) in [6.45, 7) is 4.82. The molecule has 3 aromatic rings. The van der Waals surface area contributed by atoms with Gasteiger partial charge in [-0.1, -0.05) is 37.3 Å². The second-order valence-electron chi connectivity index (χ2n) is 6.09. The van der Waals surface area contributed by atoms with Gasteiger partial charge in [0.1, 0.15) is 5.75 Å². The maximum absolute atomic E-state index is 12.7. The van der Waals surface area contributed by atoms with Gasteiger partial charge < -0.3 is 4.74 Å². The summed E-state index contributed by atoms with van der Waals surface area (Å²) in [5, 5.41) is 9.25. The average molecular weight is 378 g/mol. The maximum Gasteiger partial charge on any atom is 0.292 e. The Bertz CT molecular complexity index is 1070. The van der Waals surface area contributed by atoms with Crippen LogP contribution < -0.4 is 15.7 Å². The van der Waals surface area contributed by atoms with E-state index in [-0.39, 0.29) is 11.3 Å². The number of benzene rings is 2. The lowest BCUT2D eigenvalue weighted by molar-refractivity contribution is 0.0949. The highest BCUT2D eigenvalue weighted by atomic mass is 16.5. The van der Waals surface area contributed by atoms with Crippen LogP contribution in [0.5, 0.6) is 5.75 Å². The van der Waals surface area contributed by atoms with Gasteiger partial charge in [-0.15, -0.1) is 0 Å². The van der Waals surface area contributed by atoms with Crippen LogP contribution in [0.15, 0.2) is 58.4 Å². The first-order chi connectivity index (χ1) is 13.7. The minimum absolute atomic E-state index is 0.166. The number of hydrogen-bond acceptors (Lipinski definition) is 5. The summed E-state index contributed by atoms with van der Waals surface area (Å²) in [6.07, 6.45) is 2.26. The van der Waals surface area contributed by atoms with Crippen molar-refractivity contribution < 1.29 is 9.53 Å². The number of hydrogen-bond donors (Lipinski definition) is 1. The second kappa shape index (κ2) is 8.94. The quantitative estimate of drug-likeness (QED) is 0.506. The molecule has 0 unspecified atom stereocenters. The van der Waals surface area contributed by atoms with E-state index in [9.17, 15) is 9.59 Å². The predicted molar refractivity (Wildman–Crippen MR) is 109 cm³/mol. The summed E-state index contributed by atoms with van der Waals surface area (Å²) in [6, 6.07) is 14.4. The van der Waals surface area contributed by atoms with Gasteiger partial charge in [-0.3, -0.25) is 9.59 Å². The Morgan fingerprint density at radius 2 is 1.86 bits per heavy atom. The molecule has 1 aromatic heterocycles. The fourth-order valence-electron chi connectivity index (χ4n) is 2.85. The number of aryl methyl sites for hydroxylation is 1. The lowest BCUT2D eigenvalue weighted by Gasteiger charge is -2.09. The lowest BCUT2D eigenvalue weighted by Crippen LogP contribution is -2.29. The van der Waals surface area contributed by atoms with Crippen LogP contribution in [0.2, 0.25) is 0 Å². The Labute approximate surface area is 162 Å². The number of para-hydroxylation sites is 1. The van der Waals surface area contributed by atoms with Gasteiger partial charge in [-0.2, -0.15) is 10.2 Å². The van der Waals surface area contributed by atoms with Crippen LogP contribution >= 0.6 is 0 Å². The molecule has 7 heteroatoms. The standard InChI is InChI=1S/C21H22N4O3/c1-3-13-25-21(27)17-11-7-6-10-16(17)19(24-25)20(26)23-22-14-15-9-5-8-12-18(15)28-4-2/h5-12,14H,3-4,13H2,1-2H3,(H,23,26)/b22-14+. The van der Waals surface area contributed by atoms with Crippen molar-refractivity contribution in [3.63, 3.8) is 0 Å². The Morgan fingerprint density at radius 3 is 2.61 bits per heavy atom. The molecule has 1 amide bonds. The number of amides is 1. The third kappa shape index (κ3) is 4.09. The van der Waals surface area contributed by atoms with E-state index in [1.807, 2.05) is 38.1 Å². The van der Waals surface area contributed by atoms with Crippen LogP contribution in [-0.2, 0) is 6.54 Å². The van der Waals surface area contributed by atoms with E-state index in [2.05, 4.69) is 15.6 Å². The first-order valence-corrected chi connectivity index (χ1v) is 9.20. The van der Waals surface area contributed by atoms with Gasteiger partial charge in [0.2, 0.25) is 0 Å². The van der Waals surface area contributed by atoms with Gasteiger partial charge in [0.15, 0.2) is 5.69 Å². The van der Waals surface area contributed by atoms with Crippen molar-refractivity contribution in [3.05, 3.63) is 70.1 Å². The van der Waals surface area contributed by atoms with Crippen molar-refractivity contribution in [3.8, 4) is 5.75 Å². The number of nitrogens with one attached hydrogen (secondary N) is 1. The Hall–Kier alpha value is -3.48. The average Bonchev–Trinajstić information content (AvgIpc) is 2.71. The molecular formula is C21H22N4O3. The fourth-order valence-corrected chi connectivity index (χ4v) is 2.85. The van der Waals surface area contributed by atoms with E-state index < -0.39 is 5.91 Å². The van der Waals surface area contributed by atoms with Gasteiger partial charge in [0.05, 0.1) is 18.2 Å². The van der Waals surface area contributed by atoms with E-state index in [0.717, 1.165) is 12.0 Å². The fraction of sp³-hybridized carbons (Fsp3) is 0.238. The molecule has 0 saturated carbocycles. The second-order valence-corrected chi connectivity index (χ2v) is 6.09. The minimum atomic E-state index is -0.480. The molecule has 3 rings (SSSR count). The topological polar surface area (TPSA) is 85.6 Å². The number of nitrogens with zero attached hydrogens (tertiary/aromatic N) is 3. The molecule has 0 spiro atoms. The Morgan fingerprint density at radius 1 is 1.14 bits per heavy atom. The zero-order valence-electron chi connectivity index (χ0n) is 15.9. The van der Waals surface area contributed by atoms with Crippen molar-refractivity contribution >= 4 is 22.9 Å². The van der Waals surface area contributed by atoms with Crippen molar-refractivity contribution in [2.75, 3.05) is 6.61 Å². The van der Waals surface area contributed by atoms with E-state index in [1.165, 1.54) is 10.9 Å². The van der Waals surface area contributed by atoms with Gasteiger partial charge in [-0.25, -0.2) is 10.1 Å². The first kappa shape index (κ1) is 19.3. The zero-order valence-corrected chi connectivity index (χ0v) is 15.9. The highest BCUT2D eigenvalue weighted by molar-refractivity contribution is 6.05. The van der Waals surface area contributed by atoms with Gasteiger partial charge in [0.25, 0.3) is 11.5 Å². The molecule has 2 aromatic carbocycles. The smallest absolute Gasteiger partial charge is 0.292 e. The Balaban J connectivity index is 1.90. The van der Waals surface area contributed by atoms with Crippen LogP contribution in [-0.4, -0.2) is 28.5 Å².